The predicted octanol–water partition coefficient (Wildman–Crippen LogP) is 3.03. The molecule has 0 aliphatic rings. The van der Waals surface area contributed by atoms with Crippen LogP contribution in [-0.4, -0.2) is 22.9 Å². The Morgan fingerprint density at radius 1 is 1.21 bits per heavy atom. The molecule has 0 saturated heterocycles. The largest absolute Gasteiger partial charge is 0.497 e. The van der Waals surface area contributed by atoms with Gasteiger partial charge >= 0.3 is 0 Å². The van der Waals surface area contributed by atoms with Gasteiger partial charge in [0.1, 0.15) is 11.4 Å². The second kappa shape index (κ2) is 6.11. The Bertz CT molecular complexity index is 609. The summed E-state index contributed by atoms with van der Waals surface area (Å²) in [7, 11) is 1.60. The normalized spacial score (nSPS) is 10.6. The van der Waals surface area contributed by atoms with Crippen molar-refractivity contribution in [2.45, 2.75) is 0 Å². The fourth-order valence-electron chi connectivity index (χ4n) is 1.45. The van der Waals surface area contributed by atoms with Gasteiger partial charge in [-0.2, -0.15) is 0 Å². The third kappa shape index (κ3) is 3.39. The van der Waals surface area contributed by atoms with Crippen molar-refractivity contribution < 1.29 is 9.53 Å². The lowest BCUT2D eigenvalue weighted by molar-refractivity contribution is 0.104. The Morgan fingerprint density at radius 2 is 1.89 bits per heavy atom. The lowest BCUT2D eigenvalue weighted by Gasteiger charge is -1.99. The van der Waals surface area contributed by atoms with Crippen molar-refractivity contribution in [3.05, 3.63) is 59.1 Å². The van der Waals surface area contributed by atoms with Crippen LogP contribution in [0.4, 0.5) is 0 Å². The summed E-state index contributed by atoms with van der Waals surface area (Å²) in [5.74, 6) is 0.481. The number of rotatable bonds is 4. The molecule has 4 nitrogen and oxygen atoms in total. The molecule has 5 heteroatoms. The third-order valence-corrected chi connectivity index (χ3v) is 2.71. The lowest BCUT2D eigenvalue weighted by atomic mass is 10.1. The first-order chi connectivity index (χ1) is 9.20. The number of methoxy groups -OCH3 is 1. The van der Waals surface area contributed by atoms with Crippen LogP contribution in [0.15, 0.2) is 42.7 Å². The first-order valence-corrected chi connectivity index (χ1v) is 5.91. The summed E-state index contributed by atoms with van der Waals surface area (Å²) < 4.78 is 5.05. The Morgan fingerprint density at radius 3 is 2.53 bits per heavy atom. The molecular formula is C14H11ClN2O2. The molecule has 0 aliphatic heterocycles. The Kier molecular flexibility index (Phi) is 4.26. The molecule has 0 fully saturated rings. The van der Waals surface area contributed by atoms with E-state index in [1.165, 1.54) is 18.5 Å². The molecule has 0 aliphatic carbocycles. The van der Waals surface area contributed by atoms with Gasteiger partial charge in [-0.1, -0.05) is 29.8 Å². The molecule has 96 valence electrons. The molecule has 1 aromatic heterocycles. The minimum atomic E-state index is -0.283. The van der Waals surface area contributed by atoms with Gasteiger partial charge in [0.2, 0.25) is 5.78 Å². The molecule has 2 rings (SSSR count). The van der Waals surface area contributed by atoms with E-state index < -0.39 is 0 Å². The fourth-order valence-corrected chi connectivity index (χ4v) is 1.65. The van der Waals surface area contributed by atoms with E-state index in [2.05, 4.69) is 9.97 Å². The molecule has 2 aromatic rings. The first kappa shape index (κ1) is 13.2. The summed E-state index contributed by atoms with van der Waals surface area (Å²) in [5, 5.41) is 0.104. The van der Waals surface area contributed by atoms with Gasteiger partial charge in [0.25, 0.3) is 0 Å². The second-order valence-corrected chi connectivity index (χ2v) is 4.02. The van der Waals surface area contributed by atoms with E-state index in [0.717, 1.165) is 11.3 Å². The van der Waals surface area contributed by atoms with Crippen LogP contribution >= 0.6 is 11.6 Å². The van der Waals surface area contributed by atoms with Crippen LogP contribution in [0.5, 0.6) is 5.75 Å². The molecule has 0 bridgehead atoms. The van der Waals surface area contributed by atoms with E-state index in [0.29, 0.717) is 0 Å². The van der Waals surface area contributed by atoms with Gasteiger partial charge < -0.3 is 4.74 Å². The average molecular weight is 275 g/mol. The maximum absolute atomic E-state index is 11.9. The molecule has 0 unspecified atom stereocenters. The maximum atomic E-state index is 11.9. The number of aromatic nitrogens is 2. The average Bonchev–Trinajstić information content (AvgIpc) is 2.46. The number of ketones is 1. The van der Waals surface area contributed by atoms with Gasteiger partial charge in [0.15, 0.2) is 5.15 Å². The van der Waals surface area contributed by atoms with Crippen LogP contribution < -0.4 is 4.74 Å². The number of nitrogens with zero attached hydrogens (tertiary/aromatic N) is 2. The maximum Gasteiger partial charge on any atom is 0.207 e. The molecule has 1 heterocycles. The first-order valence-electron chi connectivity index (χ1n) is 5.53. The minimum Gasteiger partial charge on any atom is -0.497 e. The van der Waals surface area contributed by atoms with E-state index in [1.807, 2.05) is 24.3 Å². The summed E-state index contributed by atoms with van der Waals surface area (Å²) >= 11 is 5.80. The van der Waals surface area contributed by atoms with E-state index in [-0.39, 0.29) is 16.6 Å². The van der Waals surface area contributed by atoms with Crippen LogP contribution in [0.1, 0.15) is 16.1 Å². The van der Waals surface area contributed by atoms with Crippen molar-refractivity contribution >= 4 is 23.5 Å². The Hall–Kier alpha value is -2.20. The zero-order valence-electron chi connectivity index (χ0n) is 10.2. The number of carbonyl (C=O) groups is 1. The van der Waals surface area contributed by atoms with Crippen molar-refractivity contribution in [1.82, 2.24) is 9.97 Å². The van der Waals surface area contributed by atoms with Crippen LogP contribution in [0.25, 0.3) is 6.08 Å². The molecule has 1 aromatic carbocycles. The molecule has 0 atom stereocenters. The van der Waals surface area contributed by atoms with E-state index in [9.17, 15) is 4.79 Å². The van der Waals surface area contributed by atoms with Gasteiger partial charge in [-0.3, -0.25) is 4.79 Å². The monoisotopic (exact) mass is 274 g/mol. The van der Waals surface area contributed by atoms with Gasteiger partial charge in [0.05, 0.1) is 7.11 Å². The van der Waals surface area contributed by atoms with E-state index in [4.69, 9.17) is 16.3 Å². The summed E-state index contributed by atoms with van der Waals surface area (Å²) in [5.41, 5.74) is 1.03. The number of hydrogen-bond donors (Lipinski definition) is 0. The van der Waals surface area contributed by atoms with Crippen LogP contribution in [-0.2, 0) is 0 Å². The minimum absolute atomic E-state index is 0.104. The molecule has 0 radical (unpaired) electrons. The van der Waals surface area contributed by atoms with Crippen molar-refractivity contribution in [3.63, 3.8) is 0 Å². The molecular weight excluding hydrogens is 264 g/mol. The standard InChI is InChI=1S/C14H11ClN2O2/c1-19-11-5-2-10(3-6-11)4-7-12(18)13-14(15)17-9-8-16-13/h2-9H,1H3/b7-4+. The quantitative estimate of drug-likeness (QED) is 0.635. The summed E-state index contributed by atoms with van der Waals surface area (Å²) in [4.78, 5) is 19.6. The molecule has 0 spiro atoms. The highest BCUT2D eigenvalue weighted by Gasteiger charge is 2.08. The lowest BCUT2D eigenvalue weighted by Crippen LogP contribution is -2.00. The number of benzene rings is 1. The van der Waals surface area contributed by atoms with Crippen LogP contribution in [0, 0.1) is 0 Å². The smallest absolute Gasteiger partial charge is 0.207 e. The fraction of sp³-hybridized carbons (Fsp3) is 0.0714. The van der Waals surface area contributed by atoms with E-state index >= 15 is 0 Å². The SMILES string of the molecule is COc1ccc(/C=C/C(=O)c2nccnc2Cl)cc1. The van der Waals surface area contributed by atoms with E-state index in [1.54, 1.807) is 13.2 Å². The summed E-state index contributed by atoms with van der Waals surface area (Å²) in [6, 6.07) is 7.33. The summed E-state index contributed by atoms with van der Waals surface area (Å²) in [6.07, 6.45) is 5.97. The summed E-state index contributed by atoms with van der Waals surface area (Å²) in [6.45, 7) is 0. The zero-order chi connectivity index (χ0) is 13.7. The highest BCUT2D eigenvalue weighted by molar-refractivity contribution is 6.33. The second-order valence-electron chi connectivity index (χ2n) is 3.67. The van der Waals surface area contributed by atoms with Crippen molar-refractivity contribution in [2.75, 3.05) is 7.11 Å². The predicted molar refractivity (Wildman–Crippen MR) is 73.4 cm³/mol. The molecule has 0 N–H and O–H groups in total. The topological polar surface area (TPSA) is 52.1 Å². The number of halogens is 1. The van der Waals surface area contributed by atoms with Gasteiger partial charge in [-0.15, -0.1) is 0 Å². The van der Waals surface area contributed by atoms with Gasteiger partial charge in [-0.05, 0) is 23.8 Å². The third-order valence-electron chi connectivity index (χ3n) is 2.43. The number of carbonyl (C=O) groups excluding carboxylic acids is 1. The Labute approximate surface area is 115 Å². The van der Waals surface area contributed by atoms with Crippen LogP contribution in [0.3, 0.4) is 0 Å². The van der Waals surface area contributed by atoms with Gasteiger partial charge in [0, 0.05) is 12.4 Å². The highest BCUT2D eigenvalue weighted by atomic mass is 35.5. The zero-order valence-corrected chi connectivity index (χ0v) is 11.0. The molecule has 19 heavy (non-hydrogen) atoms. The number of ether oxygens (including phenoxy) is 1. The number of allylic oxidation sites excluding steroid dienone is 1. The van der Waals surface area contributed by atoms with Crippen LogP contribution in [0.2, 0.25) is 5.15 Å². The van der Waals surface area contributed by atoms with Crippen molar-refractivity contribution in [1.29, 1.82) is 0 Å². The Balaban J connectivity index is 2.14. The number of hydrogen-bond acceptors (Lipinski definition) is 4. The molecule has 0 saturated carbocycles. The van der Waals surface area contributed by atoms with Gasteiger partial charge in [-0.25, -0.2) is 9.97 Å². The van der Waals surface area contributed by atoms with Crippen molar-refractivity contribution in [3.8, 4) is 5.75 Å². The molecule has 0 amide bonds. The van der Waals surface area contributed by atoms with Crippen molar-refractivity contribution in [2.24, 2.45) is 0 Å². The highest BCUT2D eigenvalue weighted by Crippen LogP contribution is 2.14.